The molecule has 2 aromatic heterocycles. The van der Waals surface area contributed by atoms with Gasteiger partial charge in [0.2, 0.25) is 0 Å². The third-order valence-electron chi connectivity index (χ3n) is 11.5. The van der Waals surface area contributed by atoms with Crippen LogP contribution in [0, 0.1) is 23.3 Å². The lowest BCUT2D eigenvalue weighted by Gasteiger charge is -2.28. The number of anilines is 6. The summed E-state index contributed by atoms with van der Waals surface area (Å²) in [6.45, 7) is 0. The first-order chi connectivity index (χ1) is 30.4. The van der Waals surface area contributed by atoms with Gasteiger partial charge in [0.25, 0.3) is 0 Å². The summed E-state index contributed by atoms with van der Waals surface area (Å²) in [6.07, 6.45) is 0. The first kappa shape index (κ1) is 36.9. The normalized spacial score (nSPS) is 11.5. The van der Waals surface area contributed by atoms with Gasteiger partial charge in [0.05, 0.1) is 33.4 Å². The van der Waals surface area contributed by atoms with Gasteiger partial charge in [-0.2, -0.15) is 0 Å². The highest BCUT2D eigenvalue weighted by molar-refractivity contribution is 6.12. The van der Waals surface area contributed by atoms with E-state index in [-0.39, 0.29) is 11.4 Å². The molecule has 0 aliphatic carbocycles. The Hall–Kier alpha value is -8.10. The molecule has 11 aromatic rings. The maximum atomic E-state index is 15.5. The van der Waals surface area contributed by atoms with Crippen molar-refractivity contribution in [3.8, 4) is 11.4 Å². The van der Waals surface area contributed by atoms with Gasteiger partial charge in [0.15, 0.2) is 0 Å². The largest absolute Gasteiger partial charge is 0.311 e. The van der Waals surface area contributed by atoms with E-state index in [2.05, 4.69) is 70.5 Å². The third kappa shape index (κ3) is 6.15. The van der Waals surface area contributed by atoms with E-state index < -0.39 is 23.3 Å². The molecule has 0 bridgehead atoms. The van der Waals surface area contributed by atoms with Gasteiger partial charge in [-0.15, -0.1) is 0 Å². The number of aromatic nitrogens is 2. The molecule has 0 N–H and O–H groups in total. The number of halogens is 4. The third-order valence-corrected chi connectivity index (χ3v) is 11.5. The molecule has 0 aliphatic heterocycles. The van der Waals surface area contributed by atoms with Crippen LogP contribution in [-0.4, -0.2) is 9.13 Å². The number of hydrogen-bond donors (Lipinski definition) is 0. The fourth-order valence-electron chi connectivity index (χ4n) is 8.84. The lowest BCUT2D eigenvalue weighted by Crippen LogP contribution is -2.12. The summed E-state index contributed by atoms with van der Waals surface area (Å²) in [5.74, 6) is -2.61. The van der Waals surface area contributed by atoms with Crippen LogP contribution in [0.2, 0.25) is 0 Å². The van der Waals surface area contributed by atoms with Crippen molar-refractivity contribution >= 4 is 77.7 Å². The van der Waals surface area contributed by atoms with Gasteiger partial charge in [-0.05, 0) is 121 Å². The molecular formula is C54H34F4N4. The smallest absolute Gasteiger partial charge is 0.150 e. The second-order valence-corrected chi connectivity index (χ2v) is 15.2. The maximum Gasteiger partial charge on any atom is 0.150 e. The number of rotatable bonds is 8. The van der Waals surface area contributed by atoms with Crippen LogP contribution in [0.15, 0.2) is 206 Å². The average Bonchev–Trinajstić information content (AvgIpc) is 3.80. The number of para-hydroxylation sites is 4. The topological polar surface area (TPSA) is 16.3 Å². The lowest BCUT2D eigenvalue weighted by molar-refractivity contribution is 0.578. The fourth-order valence-corrected chi connectivity index (χ4v) is 8.84. The standard InChI is InChI=1S/C54H34F4N4/c55-35-19-27-53(47(57)31-35)61-49-17-9-7-15-43(49)45-33-41(25-29-51(45)61)60(40-23-21-39(22-24-40)59(37-11-3-1-4-12-37)38-13-5-2-6-14-38)42-26-30-52-46(34-42)44-16-8-10-18-50(44)62(52)54-28-20-36(56)32-48(54)58/h1-34H. The molecule has 298 valence electrons. The van der Waals surface area contributed by atoms with Gasteiger partial charge in [0.1, 0.15) is 23.3 Å². The molecule has 0 saturated heterocycles. The second-order valence-electron chi connectivity index (χ2n) is 15.2. The summed E-state index contributed by atoms with van der Waals surface area (Å²) < 4.78 is 62.9. The van der Waals surface area contributed by atoms with Crippen molar-refractivity contribution < 1.29 is 17.6 Å². The molecular weight excluding hydrogens is 781 g/mol. The van der Waals surface area contributed by atoms with Crippen molar-refractivity contribution in [3.05, 3.63) is 230 Å². The van der Waals surface area contributed by atoms with E-state index in [9.17, 15) is 8.78 Å². The quantitative estimate of drug-likeness (QED) is 0.142. The summed E-state index contributed by atoms with van der Waals surface area (Å²) in [6, 6.07) is 63.9. The Morgan fingerprint density at radius 1 is 0.274 bits per heavy atom. The van der Waals surface area contributed by atoms with E-state index >= 15 is 8.78 Å². The van der Waals surface area contributed by atoms with E-state index in [1.165, 1.54) is 24.3 Å². The molecule has 0 unspecified atom stereocenters. The first-order valence-corrected chi connectivity index (χ1v) is 20.2. The van der Waals surface area contributed by atoms with Gasteiger partial charge >= 0.3 is 0 Å². The average molecular weight is 815 g/mol. The molecule has 2 heterocycles. The molecule has 0 atom stereocenters. The van der Waals surface area contributed by atoms with Crippen LogP contribution in [0.5, 0.6) is 0 Å². The van der Waals surface area contributed by atoms with E-state index in [4.69, 9.17) is 0 Å². The molecule has 0 spiro atoms. The Kier molecular flexibility index (Phi) is 8.86. The predicted molar refractivity (Wildman–Crippen MR) is 244 cm³/mol. The highest BCUT2D eigenvalue weighted by Gasteiger charge is 2.22. The Morgan fingerprint density at radius 3 is 1.03 bits per heavy atom. The minimum Gasteiger partial charge on any atom is -0.311 e. The summed E-state index contributed by atoms with van der Waals surface area (Å²) >= 11 is 0. The monoisotopic (exact) mass is 814 g/mol. The Morgan fingerprint density at radius 2 is 0.613 bits per heavy atom. The zero-order chi connectivity index (χ0) is 41.9. The molecule has 0 aliphatic rings. The zero-order valence-corrected chi connectivity index (χ0v) is 32.9. The minimum absolute atomic E-state index is 0.249. The van der Waals surface area contributed by atoms with Gasteiger partial charge in [-0.25, -0.2) is 17.6 Å². The minimum atomic E-state index is -0.661. The van der Waals surface area contributed by atoms with Gasteiger partial charge in [-0.3, -0.25) is 0 Å². The fraction of sp³-hybridized carbons (Fsp3) is 0. The molecule has 0 amide bonds. The Bertz CT molecular complexity index is 3260. The lowest BCUT2D eigenvalue weighted by atomic mass is 10.1. The number of nitrogens with zero attached hydrogens (tertiary/aromatic N) is 4. The van der Waals surface area contributed by atoms with Crippen LogP contribution in [0.1, 0.15) is 0 Å². The van der Waals surface area contributed by atoms with Crippen molar-refractivity contribution in [3.63, 3.8) is 0 Å². The molecule has 8 heteroatoms. The van der Waals surface area contributed by atoms with E-state index in [1.807, 2.05) is 118 Å². The van der Waals surface area contributed by atoms with Crippen LogP contribution in [0.25, 0.3) is 55.0 Å². The van der Waals surface area contributed by atoms with Crippen LogP contribution >= 0.6 is 0 Å². The van der Waals surface area contributed by atoms with Crippen molar-refractivity contribution in [2.45, 2.75) is 0 Å². The molecule has 0 fully saturated rings. The van der Waals surface area contributed by atoms with Crippen LogP contribution < -0.4 is 9.80 Å². The van der Waals surface area contributed by atoms with E-state index in [1.54, 1.807) is 0 Å². The zero-order valence-electron chi connectivity index (χ0n) is 32.9. The van der Waals surface area contributed by atoms with Crippen LogP contribution in [0.3, 0.4) is 0 Å². The SMILES string of the molecule is Fc1ccc(-n2c3ccccc3c3cc(N(c4ccc(N(c5ccccc5)c5ccccc5)cc4)c4ccc5c(c4)c4ccccc4n5-c4ccc(F)cc4F)ccc32)c(F)c1. The van der Waals surface area contributed by atoms with Crippen molar-refractivity contribution in [1.29, 1.82) is 0 Å². The summed E-state index contributed by atoms with van der Waals surface area (Å²) in [4.78, 5) is 4.38. The Balaban J connectivity index is 1.13. The van der Waals surface area contributed by atoms with Gasteiger partial charge in [-0.1, -0.05) is 72.8 Å². The summed E-state index contributed by atoms with van der Waals surface area (Å²) in [5.41, 5.74) is 9.12. The molecule has 0 radical (unpaired) electrons. The highest BCUT2D eigenvalue weighted by atomic mass is 19.1. The number of hydrogen-bond acceptors (Lipinski definition) is 2. The van der Waals surface area contributed by atoms with Crippen LogP contribution in [-0.2, 0) is 0 Å². The first-order valence-electron chi connectivity index (χ1n) is 20.2. The van der Waals surface area contributed by atoms with E-state index in [0.29, 0.717) is 0 Å². The summed E-state index contributed by atoms with van der Waals surface area (Å²) in [7, 11) is 0. The number of benzene rings is 9. The molecule has 62 heavy (non-hydrogen) atoms. The van der Waals surface area contributed by atoms with Gasteiger partial charge < -0.3 is 18.9 Å². The van der Waals surface area contributed by atoms with E-state index in [0.717, 1.165) is 89.9 Å². The summed E-state index contributed by atoms with van der Waals surface area (Å²) in [5, 5.41) is 3.58. The second kappa shape index (κ2) is 14.9. The Labute approximate surface area is 354 Å². The van der Waals surface area contributed by atoms with Crippen molar-refractivity contribution in [2.75, 3.05) is 9.80 Å². The number of fused-ring (bicyclic) bond motifs is 6. The molecule has 4 nitrogen and oxygen atoms in total. The molecule has 11 rings (SSSR count). The van der Waals surface area contributed by atoms with Crippen LogP contribution in [0.4, 0.5) is 51.7 Å². The molecule has 9 aromatic carbocycles. The van der Waals surface area contributed by atoms with Gasteiger partial charge in [0, 0.05) is 67.8 Å². The molecule has 0 saturated carbocycles. The van der Waals surface area contributed by atoms with Crippen molar-refractivity contribution in [2.24, 2.45) is 0 Å². The highest BCUT2D eigenvalue weighted by Crippen LogP contribution is 2.44. The predicted octanol–water partition coefficient (Wildman–Crippen LogP) is 15.4. The maximum absolute atomic E-state index is 15.5. The van der Waals surface area contributed by atoms with Crippen molar-refractivity contribution in [1.82, 2.24) is 9.13 Å².